The first kappa shape index (κ1) is 16.3. The molecule has 118 valence electrons. The Morgan fingerprint density at radius 1 is 1.48 bits per heavy atom. The van der Waals surface area contributed by atoms with Gasteiger partial charge in [-0.1, -0.05) is 6.92 Å². The van der Waals surface area contributed by atoms with Gasteiger partial charge in [0.1, 0.15) is 0 Å². The van der Waals surface area contributed by atoms with Crippen LogP contribution in [0.5, 0.6) is 0 Å². The first-order chi connectivity index (χ1) is 10.0. The minimum Gasteiger partial charge on any atom is -0.390 e. The van der Waals surface area contributed by atoms with E-state index in [1.807, 2.05) is 19.1 Å². The SMILES string of the molecule is Cc1ccc(NC(=O)NCC(O)CN2CCC(C)CC2)s1. The Bertz CT molecular complexity index is 456. The molecule has 1 unspecified atom stereocenters. The summed E-state index contributed by atoms with van der Waals surface area (Å²) < 4.78 is 0. The second-order valence-corrected chi connectivity index (χ2v) is 7.17. The number of nitrogens with one attached hydrogen (secondary N) is 2. The van der Waals surface area contributed by atoms with E-state index in [-0.39, 0.29) is 12.6 Å². The van der Waals surface area contributed by atoms with Gasteiger partial charge >= 0.3 is 6.03 Å². The van der Waals surface area contributed by atoms with E-state index in [1.54, 1.807) is 0 Å². The molecule has 1 atom stereocenters. The Morgan fingerprint density at radius 3 is 2.81 bits per heavy atom. The van der Waals surface area contributed by atoms with Crippen LogP contribution in [0.1, 0.15) is 24.6 Å². The highest BCUT2D eigenvalue weighted by Gasteiger charge is 2.18. The second-order valence-electron chi connectivity index (χ2n) is 5.88. The maximum Gasteiger partial charge on any atom is 0.319 e. The summed E-state index contributed by atoms with van der Waals surface area (Å²) in [5.41, 5.74) is 0. The van der Waals surface area contributed by atoms with E-state index in [0.29, 0.717) is 6.54 Å². The van der Waals surface area contributed by atoms with Crippen molar-refractivity contribution in [3.05, 3.63) is 17.0 Å². The molecule has 0 saturated carbocycles. The van der Waals surface area contributed by atoms with Crippen LogP contribution in [0.4, 0.5) is 9.80 Å². The lowest BCUT2D eigenvalue weighted by atomic mass is 9.99. The Morgan fingerprint density at radius 2 is 2.19 bits per heavy atom. The molecule has 1 aliphatic heterocycles. The summed E-state index contributed by atoms with van der Waals surface area (Å²) in [6.45, 7) is 7.26. The highest BCUT2D eigenvalue weighted by molar-refractivity contribution is 7.16. The molecule has 0 bridgehead atoms. The number of carbonyl (C=O) groups excluding carboxylic acids is 1. The van der Waals surface area contributed by atoms with Crippen molar-refractivity contribution in [2.24, 2.45) is 5.92 Å². The van der Waals surface area contributed by atoms with E-state index >= 15 is 0 Å². The molecule has 2 heterocycles. The molecule has 0 spiro atoms. The van der Waals surface area contributed by atoms with Gasteiger partial charge in [-0.2, -0.15) is 0 Å². The number of likely N-dealkylation sites (tertiary alicyclic amines) is 1. The molecule has 6 heteroatoms. The van der Waals surface area contributed by atoms with Gasteiger partial charge in [-0.05, 0) is 50.9 Å². The van der Waals surface area contributed by atoms with Crippen LogP contribution < -0.4 is 10.6 Å². The molecule has 0 aliphatic carbocycles. The maximum absolute atomic E-state index is 11.7. The molecule has 0 radical (unpaired) electrons. The third-order valence-corrected chi connectivity index (χ3v) is 4.74. The van der Waals surface area contributed by atoms with Crippen LogP contribution in [0.15, 0.2) is 12.1 Å². The number of hydrogen-bond acceptors (Lipinski definition) is 4. The molecule has 3 N–H and O–H groups in total. The quantitative estimate of drug-likeness (QED) is 0.781. The van der Waals surface area contributed by atoms with Gasteiger partial charge in [0.25, 0.3) is 0 Å². The fourth-order valence-corrected chi connectivity index (χ4v) is 3.24. The molecule has 1 aromatic rings. The number of thiophene rings is 1. The molecular formula is C15H25N3O2S. The zero-order valence-corrected chi connectivity index (χ0v) is 13.6. The molecule has 1 aromatic heterocycles. The average Bonchev–Trinajstić information content (AvgIpc) is 2.84. The largest absolute Gasteiger partial charge is 0.390 e. The summed E-state index contributed by atoms with van der Waals surface area (Å²) in [4.78, 5) is 15.1. The zero-order valence-electron chi connectivity index (χ0n) is 12.8. The molecule has 0 aromatic carbocycles. The van der Waals surface area contributed by atoms with Crippen molar-refractivity contribution < 1.29 is 9.90 Å². The number of carbonyl (C=O) groups is 1. The normalized spacial score (nSPS) is 18.4. The van der Waals surface area contributed by atoms with Crippen molar-refractivity contribution in [1.29, 1.82) is 0 Å². The number of anilines is 1. The number of hydrogen-bond donors (Lipinski definition) is 3. The Hall–Kier alpha value is -1.11. The van der Waals surface area contributed by atoms with E-state index < -0.39 is 6.10 Å². The van der Waals surface area contributed by atoms with Crippen molar-refractivity contribution in [2.75, 3.05) is 31.5 Å². The number of β-amino-alcohol motifs (C(OH)–C–C–N with tert-alkyl or cyclic N) is 1. The molecule has 1 fully saturated rings. The van der Waals surface area contributed by atoms with Gasteiger partial charge in [-0.15, -0.1) is 11.3 Å². The predicted molar refractivity (Wildman–Crippen MR) is 86.9 cm³/mol. The van der Waals surface area contributed by atoms with Gasteiger partial charge in [-0.3, -0.25) is 5.32 Å². The predicted octanol–water partition coefficient (Wildman–Crippen LogP) is 2.27. The highest BCUT2D eigenvalue weighted by Crippen LogP contribution is 2.20. The minimum absolute atomic E-state index is 0.261. The first-order valence-corrected chi connectivity index (χ1v) is 8.36. The van der Waals surface area contributed by atoms with Crippen LogP contribution in [0.2, 0.25) is 0 Å². The van der Waals surface area contributed by atoms with Gasteiger partial charge in [0, 0.05) is 18.0 Å². The van der Waals surface area contributed by atoms with Crippen LogP contribution in [0.25, 0.3) is 0 Å². The fraction of sp³-hybridized carbons (Fsp3) is 0.667. The average molecular weight is 311 g/mol. The Balaban J connectivity index is 1.64. The lowest BCUT2D eigenvalue weighted by Crippen LogP contribution is -2.43. The number of rotatable bonds is 5. The summed E-state index contributed by atoms with van der Waals surface area (Å²) in [6.07, 6.45) is 1.87. The number of nitrogens with zero attached hydrogens (tertiary/aromatic N) is 1. The summed E-state index contributed by atoms with van der Waals surface area (Å²) in [5, 5.41) is 16.3. The third-order valence-electron chi connectivity index (χ3n) is 3.82. The van der Waals surface area contributed by atoms with E-state index in [4.69, 9.17) is 0 Å². The number of aliphatic hydroxyl groups is 1. The summed E-state index contributed by atoms with van der Waals surface area (Å²) in [6, 6.07) is 3.58. The molecule has 1 aliphatic rings. The molecule has 21 heavy (non-hydrogen) atoms. The smallest absolute Gasteiger partial charge is 0.319 e. The van der Waals surface area contributed by atoms with Crippen LogP contribution >= 0.6 is 11.3 Å². The lowest BCUT2D eigenvalue weighted by Gasteiger charge is -2.31. The van der Waals surface area contributed by atoms with E-state index in [0.717, 1.165) is 28.9 Å². The molecule has 1 saturated heterocycles. The van der Waals surface area contributed by atoms with Crippen LogP contribution in [0.3, 0.4) is 0 Å². The number of piperidine rings is 1. The van der Waals surface area contributed by atoms with Crippen LogP contribution in [0, 0.1) is 12.8 Å². The first-order valence-electron chi connectivity index (χ1n) is 7.54. The highest BCUT2D eigenvalue weighted by atomic mass is 32.1. The third kappa shape index (κ3) is 5.65. The van der Waals surface area contributed by atoms with Gasteiger partial charge < -0.3 is 15.3 Å². The zero-order chi connectivity index (χ0) is 15.2. The van der Waals surface area contributed by atoms with Gasteiger partial charge in [0.15, 0.2) is 0 Å². The summed E-state index contributed by atoms with van der Waals surface area (Å²) in [5.74, 6) is 0.788. The van der Waals surface area contributed by atoms with Crippen molar-refractivity contribution in [3.63, 3.8) is 0 Å². The van der Waals surface area contributed by atoms with Crippen molar-refractivity contribution in [3.8, 4) is 0 Å². The van der Waals surface area contributed by atoms with Crippen LogP contribution in [-0.2, 0) is 0 Å². The number of amides is 2. The standard InChI is InChI=1S/C15H25N3O2S/c1-11-5-7-18(8-6-11)10-13(19)9-16-15(20)17-14-4-3-12(2)21-14/h3-4,11,13,19H,5-10H2,1-2H3,(H2,16,17,20). The topological polar surface area (TPSA) is 64.6 Å². The number of aliphatic hydroxyl groups excluding tert-OH is 1. The van der Waals surface area contributed by atoms with Crippen molar-refractivity contribution >= 4 is 22.4 Å². The minimum atomic E-state index is -0.519. The van der Waals surface area contributed by atoms with Gasteiger partial charge in [0.2, 0.25) is 0 Å². The molecular weight excluding hydrogens is 286 g/mol. The second kappa shape index (κ2) is 7.77. The molecule has 2 amide bonds. The van der Waals surface area contributed by atoms with E-state index in [2.05, 4.69) is 22.5 Å². The maximum atomic E-state index is 11.7. The lowest BCUT2D eigenvalue weighted by molar-refractivity contribution is 0.0924. The monoisotopic (exact) mass is 311 g/mol. The number of aryl methyl sites for hydroxylation is 1. The summed E-state index contributed by atoms with van der Waals surface area (Å²) >= 11 is 1.54. The molecule has 2 rings (SSSR count). The number of urea groups is 1. The molecule has 5 nitrogen and oxygen atoms in total. The Labute approximate surface area is 130 Å². The summed E-state index contributed by atoms with van der Waals surface area (Å²) in [7, 11) is 0. The van der Waals surface area contributed by atoms with Crippen molar-refractivity contribution in [2.45, 2.75) is 32.8 Å². The van der Waals surface area contributed by atoms with E-state index in [9.17, 15) is 9.90 Å². The van der Waals surface area contributed by atoms with Crippen molar-refractivity contribution in [1.82, 2.24) is 10.2 Å². The van der Waals surface area contributed by atoms with E-state index in [1.165, 1.54) is 24.2 Å². The Kier molecular flexibility index (Phi) is 6.02. The van der Waals surface area contributed by atoms with Gasteiger partial charge in [-0.25, -0.2) is 4.79 Å². The fourth-order valence-electron chi connectivity index (χ4n) is 2.48. The van der Waals surface area contributed by atoms with Gasteiger partial charge in [0.05, 0.1) is 11.1 Å². The van der Waals surface area contributed by atoms with Crippen LogP contribution in [-0.4, -0.2) is 48.3 Å².